The second-order valence-electron chi connectivity index (χ2n) is 5.95. The van der Waals surface area contributed by atoms with Crippen LogP contribution in [0.1, 0.15) is 19.4 Å². The van der Waals surface area contributed by atoms with Crippen LogP contribution in [0.25, 0.3) is 6.08 Å². The van der Waals surface area contributed by atoms with Gasteiger partial charge in [-0.1, -0.05) is 24.3 Å². The molecule has 0 bridgehead atoms. The van der Waals surface area contributed by atoms with Crippen molar-refractivity contribution in [2.24, 2.45) is 5.14 Å². The Morgan fingerprint density at radius 1 is 1.17 bits per heavy atom. The molecule has 0 spiro atoms. The molecule has 2 rings (SSSR count). The lowest BCUT2D eigenvalue weighted by Crippen LogP contribution is -2.29. The van der Waals surface area contributed by atoms with E-state index in [0.717, 1.165) is 0 Å². The molecule has 9 heteroatoms. The number of carbonyl (C=O) groups excluding carboxylic acids is 2. The molecule has 3 N–H and O–H groups in total. The number of esters is 1. The van der Waals surface area contributed by atoms with Gasteiger partial charge in [0.1, 0.15) is 5.75 Å². The molecule has 0 saturated heterocycles. The summed E-state index contributed by atoms with van der Waals surface area (Å²) in [6.07, 6.45) is 1.63. The average Bonchev–Trinajstić information content (AvgIpc) is 2.67. The molecule has 0 aliphatic rings. The predicted molar refractivity (Wildman–Crippen MR) is 109 cm³/mol. The van der Waals surface area contributed by atoms with Crippen molar-refractivity contribution in [2.45, 2.75) is 24.8 Å². The Morgan fingerprint density at radius 3 is 2.59 bits per heavy atom. The first-order chi connectivity index (χ1) is 13.7. The Kier molecular flexibility index (Phi) is 7.52. The third kappa shape index (κ3) is 6.74. The number of sulfonamides is 1. The van der Waals surface area contributed by atoms with Crippen LogP contribution in [0.4, 0.5) is 5.69 Å². The second kappa shape index (κ2) is 9.85. The van der Waals surface area contributed by atoms with E-state index in [9.17, 15) is 18.0 Å². The van der Waals surface area contributed by atoms with Gasteiger partial charge in [-0.25, -0.2) is 18.4 Å². The van der Waals surface area contributed by atoms with Crippen LogP contribution in [0.3, 0.4) is 0 Å². The molecule has 0 radical (unpaired) electrons. The number of ether oxygens (including phenoxy) is 2. The van der Waals surface area contributed by atoms with Gasteiger partial charge in [-0.15, -0.1) is 0 Å². The van der Waals surface area contributed by atoms with E-state index >= 15 is 0 Å². The van der Waals surface area contributed by atoms with Gasteiger partial charge in [-0.2, -0.15) is 0 Å². The zero-order valence-electron chi connectivity index (χ0n) is 16.0. The summed E-state index contributed by atoms with van der Waals surface area (Å²) < 4.78 is 33.3. The molecule has 2 aromatic carbocycles. The molecule has 1 amide bonds. The summed E-state index contributed by atoms with van der Waals surface area (Å²) in [5.41, 5.74) is 0.911. The van der Waals surface area contributed by atoms with Crippen molar-refractivity contribution in [1.29, 1.82) is 0 Å². The number of anilines is 1. The molecule has 8 nitrogen and oxygen atoms in total. The van der Waals surface area contributed by atoms with Crippen molar-refractivity contribution in [3.63, 3.8) is 0 Å². The standard InChI is InChI=1S/C20H22N2O6S/c1-3-27-18-10-5-4-7-15(18)11-12-19(23)28-14(2)20(24)22-16-8-6-9-17(13-16)29(21,25)26/h4-14H,3H2,1-2H3,(H,22,24)(H2,21,25,26)/b12-11+/t14-/m1/s1. The first-order valence-corrected chi connectivity index (χ1v) is 10.3. The van der Waals surface area contributed by atoms with Gasteiger partial charge in [0.2, 0.25) is 10.0 Å². The van der Waals surface area contributed by atoms with E-state index in [1.807, 2.05) is 13.0 Å². The third-order valence-electron chi connectivity index (χ3n) is 3.71. The van der Waals surface area contributed by atoms with Crippen molar-refractivity contribution in [3.05, 3.63) is 60.2 Å². The lowest BCUT2D eigenvalue weighted by molar-refractivity contribution is -0.148. The summed E-state index contributed by atoms with van der Waals surface area (Å²) >= 11 is 0. The maximum absolute atomic E-state index is 12.2. The van der Waals surface area contributed by atoms with Crippen molar-refractivity contribution in [3.8, 4) is 5.75 Å². The van der Waals surface area contributed by atoms with E-state index in [0.29, 0.717) is 17.9 Å². The van der Waals surface area contributed by atoms with Crippen LogP contribution in [-0.2, 0) is 24.3 Å². The number of hydrogen-bond acceptors (Lipinski definition) is 6. The maximum atomic E-state index is 12.2. The van der Waals surface area contributed by atoms with Crippen molar-refractivity contribution >= 4 is 33.7 Å². The molecule has 0 unspecified atom stereocenters. The molecular formula is C20H22N2O6S. The SMILES string of the molecule is CCOc1ccccc1/C=C/C(=O)O[C@H](C)C(=O)Nc1cccc(S(N)(=O)=O)c1. The van der Waals surface area contributed by atoms with Crippen LogP contribution in [0, 0.1) is 0 Å². The summed E-state index contributed by atoms with van der Waals surface area (Å²) in [5, 5.41) is 7.55. The van der Waals surface area contributed by atoms with Gasteiger partial charge < -0.3 is 14.8 Å². The number of carbonyl (C=O) groups is 2. The third-order valence-corrected chi connectivity index (χ3v) is 4.62. The minimum absolute atomic E-state index is 0.143. The van der Waals surface area contributed by atoms with Crippen molar-refractivity contribution in [1.82, 2.24) is 0 Å². The van der Waals surface area contributed by atoms with E-state index in [4.69, 9.17) is 14.6 Å². The van der Waals surface area contributed by atoms with E-state index < -0.39 is 28.0 Å². The van der Waals surface area contributed by atoms with E-state index in [1.165, 1.54) is 43.3 Å². The highest BCUT2D eigenvalue weighted by atomic mass is 32.2. The van der Waals surface area contributed by atoms with Gasteiger partial charge in [0.25, 0.3) is 5.91 Å². The molecule has 0 aliphatic carbocycles. The highest BCUT2D eigenvalue weighted by Crippen LogP contribution is 2.19. The first kappa shape index (κ1) is 22.1. The Bertz CT molecular complexity index is 1020. The molecule has 0 aromatic heterocycles. The highest BCUT2D eigenvalue weighted by molar-refractivity contribution is 7.89. The molecular weight excluding hydrogens is 396 g/mol. The van der Waals surface area contributed by atoms with Crippen LogP contribution in [0.15, 0.2) is 59.5 Å². The quantitative estimate of drug-likeness (QED) is 0.501. The summed E-state index contributed by atoms with van der Waals surface area (Å²) in [5.74, 6) is -0.704. The fraction of sp³-hybridized carbons (Fsp3) is 0.200. The number of hydrogen-bond donors (Lipinski definition) is 2. The van der Waals surface area contributed by atoms with Gasteiger partial charge in [-0.05, 0) is 44.2 Å². The molecule has 29 heavy (non-hydrogen) atoms. The number of nitrogens with two attached hydrogens (primary N) is 1. The number of nitrogens with one attached hydrogen (secondary N) is 1. The Labute approximate surface area is 169 Å². The molecule has 1 atom stereocenters. The fourth-order valence-corrected chi connectivity index (χ4v) is 2.88. The largest absolute Gasteiger partial charge is 0.493 e. The number of rotatable bonds is 8. The minimum atomic E-state index is -3.90. The van der Waals surface area contributed by atoms with Crippen molar-refractivity contribution < 1.29 is 27.5 Å². The molecule has 0 fully saturated rings. The van der Waals surface area contributed by atoms with Gasteiger partial charge in [-0.3, -0.25) is 4.79 Å². The first-order valence-electron chi connectivity index (χ1n) is 8.75. The smallest absolute Gasteiger partial charge is 0.331 e. The highest BCUT2D eigenvalue weighted by Gasteiger charge is 2.17. The van der Waals surface area contributed by atoms with E-state index in [-0.39, 0.29) is 10.6 Å². The van der Waals surface area contributed by atoms with Gasteiger partial charge in [0, 0.05) is 17.3 Å². The topological polar surface area (TPSA) is 125 Å². The number of primary sulfonamides is 1. The van der Waals surface area contributed by atoms with Gasteiger partial charge in [0.05, 0.1) is 11.5 Å². The summed E-state index contributed by atoms with van der Waals surface area (Å²) in [4.78, 5) is 24.1. The monoisotopic (exact) mass is 418 g/mol. The molecule has 0 heterocycles. The van der Waals surface area contributed by atoms with E-state index in [1.54, 1.807) is 18.2 Å². The average molecular weight is 418 g/mol. The van der Waals surface area contributed by atoms with Crippen LogP contribution >= 0.6 is 0 Å². The zero-order chi connectivity index (χ0) is 21.4. The van der Waals surface area contributed by atoms with Crippen LogP contribution in [-0.4, -0.2) is 33.0 Å². The predicted octanol–water partition coefficient (Wildman–Crippen LogP) is 2.32. The number of para-hydroxylation sites is 1. The maximum Gasteiger partial charge on any atom is 0.331 e. The Balaban J connectivity index is 1.98. The lowest BCUT2D eigenvalue weighted by atomic mass is 10.2. The second-order valence-corrected chi connectivity index (χ2v) is 7.51. The number of benzene rings is 2. The zero-order valence-corrected chi connectivity index (χ0v) is 16.8. The Hall–Kier alpha value is -3.17. The van der Waals surface area contributed by atoms with Gasteiger partial charge in [0.15, 0.2) is 6.10 Å². The van der Waals surface area contributed by atoms with Gasteiger partial charge >= 0.3 is 5.97 Å². The van der Waals surface area contributed by atoms with E-state index in [2.05, 4.69) is 5.32 Å². The normalized spacial score (nSPS) is 12.4. The number of amides is 1. The van der Waals surface area contributed by atoms with Crippen LogP contribution in [0.5, 0.6) is 5.75 Å². The fourth-order valence-electron chi connectivity index (χ4n) is 2.32. The lowest BCUT2D eigenvalue weighted by Gasteiger charge is -2.13. The Morgan fingerprint density at radius 2 is 1.90 bits per heavy atom. The van der Waals surface area contributed by atoms with Crippen molar-refractivity contribution in [2.75, 3.05) is 11.9 Å². The molecule has 154 valence electrons. The molecule has 2 aromatic rings. The van der Waals surface area contributed by atoms with Crippen LogP contribution in [0.2, 0.25) is 0 Å². The summed E-state index contributed by atoms with van der Waals surface area (Å²) in [6, 6.07) is 12.6. The molecule has 0 saturated carbocycles. The molecule has 0 aliphatic heterocycles. The minimum Gasteiger partial charge on any atom is -0.493 e. The summed E-state index contributed by atoms with van der Waals surface area (Å²) in [7, 11) is -3.90. The summed E-state index contributed by atoms with van der Waals surface area (Å²) in [6.45, 7) is 3.74. The van der Waals surface area contributed by atoms with Crippen LogP contribution < -0.4 is 15.2 Å².